The van der Waals surface area contributed by atoms with Crippen LogP contribution in [0, 0.1) is 0 Å². The van der Waals surface area contributed by atoms with Crippen molar-refractivity contribution in [1.82, 2.24) is 9.21 Å². The highest BCUT2D eigenvalue weighted by Gasteiger charge is 2.40. The van der Waals surface area contributed by atoms with Crippen molar-refractivity contribution in [3.05, 3.63) is 65.2 Å². The molecular weight excluding hydrogens is 372 g/mol. The highest BCUT2D eigenvalue weighted by atomic mass is 35.5. The number of likely N-dealkylation sites (N-methyl/N-ethyl adjacent to an activating group) is 1. The molecule has 1 amide bonds. The molecule has 1 heterocycles. The smallest absolute Gasteiger partial charge is 0.243 e. The number of sulfonamides is 1. The van der Waals surface area contributed by atoms with Gasteiger partial charge in [-0.15, -0.1) is 0 Å². The molecule has 1 saturated heterocycles. The van der Waals surface area contributed by atoms with Crippen LogP contribution in [0.5, 0.6) is 0 Å². The second-order valence-electron chi connectivity index (χ2n) is 6.41. The van der Waals surface area contributed by atoms with Gasteiger partial charge in [-0.05, 0) is 42.7 Å². The van der Waals surface area contributed by atoms with Crippen molar-refractivity contribution >= 4 is 27.5 Å². The first-order valence-corrected chi connectivity index (χ1v) is 10.3. The third-order valence-electron chi connectivity index (χ3n) is 4.55. The number of hydrogen-bond acceptors (Lipinski definition) is 3. The predicted octanol–water partition coefficient (Wildman–Crippen LogP) is 3.15. The van der Waals surface area contributed by atoms with E-state index in [0.717, 1.165) is 5.56 Å². The molecule has 138 valence electrons. The fraction of sp³-hybridized carbons (Fsp3) is 0.316. The summed E-state index contributed by atoms with van der Waals surface area (Å²) in [5.74, 6) is -0.183. The quantitative estimate of drug-likeness (QED) is 0.785. The number of rotatable bonds is 5. The Morgan fingerprint density at radius 2 is 1.81 bits per heavy atom. The van der Waals surface area contributed by atoms with Crippen molar-refractivity contribution in [3.8, 4) is 0 Å². The first-order valence-electron chi connectivity index (χ1n) is 8.46. The second kappa shape index (κ2) is 7.78. The average molecular weight is 393 g/mol. The molecule has 2 aromatic carbocycles. The van der Waals surface area contributed by atoms with Crippen molar-refractivity contribution in [2.75, 3.05) is 13.6 Å². The number of nitrogens with zero attached hydrogens (tertiary/aromatic N) is 2. The molecule has 1 fully saturated rings. The summed E-state index contributed by atoms with van der Waals surface area (Å²) in [6, 6.07) is 14.9. The Balaban J connectivity index is 1.76. The number of halogens is 1. The predicted molar refractivity (Wildman–Crippen MR) is 101 cm³/mol. The minimum Gasteiger partial charge on any atom is -0.340 e. The molecule has 1 aliphatic rings. The van der Waals surface area contributed by atoms with Crippen LogP contribution in [0.25, 0.3) is 0 Å². The molecule has 5 nitrogen and oxygen atoms in total. The molecule has 26 heavy (non-hydrogen) atoms. The van der Waals surface area contributed by atoms with Gasteiger partial charge in [0.1, 0.15) is 6.04 Å². The van der Waals surface area contributed by atoms with Crippen LogP contribution in [-0.4, -0.2) is 43.2 Å². The molecule has 0 bridgehead atoms. The fourth-order valence-corrected chi connectivity index (χ4v) is 5.00. The molecule has 3 rings (SSSR count). The fourth-order valence-electron chi connectivity index (χ4n) is 3.20. The molecule has 0 aliphatic carbocycles. The molecule has 1 atom stereocenters. The topological polar surface area (TPSA) is 57.7 Å². The Bertz CT molecular complexity index is 869. The summed E-state index contributed by atoms with van der Waals surface area (Å²) < 4.78 is 27.2. The van der Waals surface area contributed by atoms with Crippen molar-refractivity contribution < 1.29 is 13.2 Å². The Morgan fingerprint density at radius 1 is 1.15 bits per heavy atom. The molecule has 1 aliphatic heterocycles. The van der Waals surface area contributed by atoms with Gasteiger partial charge in [0.15, 0.2) is 0 Å². The first-order chi connectivity index (χ1) is 12.4. The lowest BCUT2D eigenvalue weighted by molar-refractivity contribution is -0.133. The minimum atomic E-state index is -3.68. The van der Waals surface area contributed by atoms with E-state index in [-0.39, 0.29) is 10.8 Å². The summed E-state index contributed by atoms with van der Waals surface area (Å²) in [6.07, 6.45) is 1.22. The number of hydrogen-bond donors (Lipinski definition) is 0. The number of carbonyl (C=O) groups is 1. The molecule has 1 unspecified atom stereocenters. The van der Waals surface area contributed by atoms with Gasteiger partial charge in [-0.3, -0.25) is 4.79 Å². The van der Waals surface area contributed by atoms with Gasteiger partial charge in [-0.1, -0.05) is 41.9 Å². The van der Waals surface area contributed by atoms with Crippen LogP contribution in [0.4, 0.5) is 0 Å². The highest BCUT2D eigenvalue weighted by molar-refractivity contribution is 7.89. The van der Waals surface area contributed by atoms with E-state index >= 15 is 0 Å². The van der Waals surface area contributed by atoms with E-state index in [1.54, 1.807) is 54.4 Å². The van der Waals surface area contributed by atoms with E-state index in [2.05, 4.69) is 0 Å². The average Bonchev–Trinajstić information content (AvgIpc) is 3.14. The molecule has 7 heteroatoms. The normalized spacial score (nSPS) is 18.0. The summed E-state index contributed by atoms with van der Waals surface area (Å²) >= 11 is 5.89. The maximum atomic E-state index is 12.9. The van der Waals surface area contributed by atoms with Crippen molar-refractivity contribution in [2.24, 2.45) is 0 Å². The van der Waals surface area contributed by atoms with Gasteiger partial charge in [-0.2, -0.15) is 4.31 Å². The van der Waals surface area contributed by atoms with Crippen molar-refractivity contribution in [1.29, 1.82) is 0 Å². The Kier molecular flexibility index (Phi) is 5.65. The second-order valence-corrected chi connectivity index (χ2v) is 8.73. The van der Waals surface area contributed by atoms with Gasteiger partial charge >= 0.3 is 0 Å². The van der Waals surface area contributed by atoms with Crippen LogP contribution < -0.4 is 0 Å². The van der Waals surface area contributed by atoms with E-state index in [4.69, 9.17) is 11.6 Å². The van der Waals surface area contributed by atoms with Crippen molar-refractivity contribution in [2.45, 2.75) is 30.3 Å². The minimum absolute atomic E-state index is 0.183. The molecule has 0 aromatic heterocycles. The summed E-state index contributed by atoms with van der Waals surface area (Å²) in [7, 11) is -1.98. The number of amides is 1. The van der Waals surface area contributed by atoms with E-state index in [9.17, 15) is 13.2 Å². The van der Waals surface area contributed by atoms with Gasteiger partial charge in [-0.25, -0.2) is 8.42 Å². The van der Waals surface area contributed by atoms with E-state index < -0.39 is 16.1 Å². The lowest BCUT2D eigenvalue weighted by Crippen LogP contribution is -2.46. The zero-order valence-corrected chi connectivity index (χ0v) is 16.1. The molecule has 0 saturated carbocycles. The van der Waals surface area contributed by atoms with Gasteiger partial charge in [0.25, 0.3) is 0 Å². The third-order valence-corrected chi connectivity index (χ3v) is 6.72. The van der Waals surface area contributed by atoms with Gasteiger partial charge in [0.2, 0.25) is 15.9 Å². The van der Waals surface area contributed by atoms with Gasteiger partial charge in [0.05, 0.1) is 4.90 Å². The monoisotopic (exact) mass is 392 g/mol. The summed E-state index contributed by atoms with van der Waals surface area (Å²) in [6.45, 7) is 0.772. The van der Waals surface area contributed by atoms with Crippen LogP contribution in [0.2, 0.25) is 5.02 Å². The molecule has 0 spiro atoms. The molecule has 0 N–H and O–H groups in total. The Hall–Kier alpha value is -1.89. The maximum Gasteiger partial charge on any atom is 0.243 e. The van der Waals surface area contributed by atoms with E-state index in [0.29, 0.717) is 31.0 Å². The van der Waals surface area contributed by atoms with E-state index in [1.165, 1.54) is 4.31 Å². The van der Waals surface area contributed by atoms with Crippen LogP contribution >= 0.6 is 11.6 Å². The standard InChI is InChI=1S/C19H21ClN2O3S/c1-21(14-15-9-11-16(20)12-10-15)19(23)18-8-5-13-22(18)26(24,25)17-6-3-2-4-7-17/h2-4,6-7,9-12,18H,5,8,13-14H2,1H3. The van der Waals surface area contributed by atoms with E-state index in [1.807, 2.05) is 12.1 Å². The molecule has 2 aromatic rings. The highest BCUT2D eigenvalue weighted by Crippen LogP contribution is 2.27. The van der Waals surface area contributed by atoms with Gasteiger partial charge < -0.3 is 4.90 Å². The lowest BCUT2D eigenvalue weighted by atomic mass is 10.1. The maximum absolute atomic E-state index is 12.9. The zero-order chi connectivity index (χ0) is 18.7. The third kappa shape index (κ3) is 3.92. The summed E-state index contributed by atoms with van der Waals surface area (Å²) in [5, 5.41) is 0.638. The number of carbonyl (C=O) groups excluding carboxylic acids is 1. The largest absolute Gasteiger partial charge is 0.340 e. The van der Waals surface area contributed by atoms with Crippen molar-refractivity contribution in [3.63, 3.8) is 0 Å². The summed E-state index contributed by atoms with van der Waals surface area (Å²) in [5.41, 5.74) is 0.945. The van der Waals surface area contributed by atoms with Crippen LogP contribution in [0.3, 0.4) is 0 Å². The Labute approximate surface area is 159 Å². The summed E-state index contributed by atoms with van der Waals surface area (Å²) in [4.78, 5) is 14.7. The SMILES string of the molecule is CN(Cc1ccc(Cl)cc1)C(=O)C1CCCN1S(=O)(=O)c1ccccc1. The number of benzene rings is 2. The molecular formula is C19H21ClN2O3S. The van der Waals surface area contributed by atoms with Gasteiger partial charge in [0, 0.05) is 25.2 Å². The van der Waals surface area contributed by atoms with Crippen LogP contribution in [0.1, 0.15) is 18.4 Å². The zero-order valence-electron chi connectivity index (χ0n) is 14.5. The first kappa shape index (κ1) is 18.9. The van der Waals surface area contributed by atoms with Crippen LogP contribution in [-0.2, 0) is 21.4 Å². The molecule has 0 radical (unpaired) electrons. The lowest BCUT2D eigenvalue weighted by Gasteiger charge is -2.27. The van der Waals surface area contributed by atoms with Crippen LogP contribution in [0.15, 0.2) is 59.5 Å². The Morgan fingerprint density at radius 3 is 2.46 bits per heavy atom.